The van der Waals surface area contributed by atoms with Crippen molar-refractivity contribution in [3.8, 4) is 0 Å². The van der Waals surface area contributed by atoms with Crippen molar-refractivity contribution in [3.63, 3.8) is 0 Å². The van der Waals surface area contributed by atoms with Gasteiger partial charge in [0.1, 0.15) is 0 Å². The van der Waals surface area contributed by atoms with Crippen molar-refractivity contribution in [2.24, 2.45) is 0 Å². The fourth-order valence-corrected chi connectivity index (χ4v) is 4.22. The standard InChI is InChI=1S/C29H40NP/c1-20(2)30-23(5)19-28-15-16-29(25(7)24(28)6)22(4)18-21(3)27-13-11-26(12-14-27)10-8-9-17-31/h11-16,18,20,30H,4-5,8-10,17,19,31H2,1-3,6-7H3/b21-18+. The quantitative estimate of drug-likeness (QED) is 0.218. The molecule has 2 aromatic rings. The minimum atomic E-state index is 0.408. The van der Waals surface area contributed by atoms with E-state index in [0.717, 1.165) is 24.1 Å². The van der Waals surface area contributed by atoms with Crippen LogP contribution in [0.3, 0.4) is 0 Å². The van der Waals surface area contributed by atoms with E-state index in [1.165, 1.54) is 58.0 Å². The molecule has 2 heteroatoms. The molecule has 31 heavy (non-hydrogen) atoms. The van der Waals surface area contributed by atoms with Crippen molar-refractivity contribution in [2.75, 3.05) is 6.16 Å². The summed E-state index contributed by atoms with van der Waals surface area (Å²) in [6.07, 6.45) is 7.94. The van der Waals surface area contributed by atoms with Gasteiger partial charge in [0.25, 0.3) is 0 Å². The number of hydrogen-bond acceptors (Lipinski definition) is 1. The highest BCUT2D eigenvalue weighted by Crippen LogP contribution is 2.28. The van der Waals surface area contributed by atoms with E-state index in [9.17, 15) is 0 Å². The minimum Gasteiger partial charge on any atom is -0.386 e. The average Bonchev–Trinajstić information content (AvgIpc) is 2.71. The van der Waals surface area contributed by atoms with E-state index in [0.29, 0.717) is 6.04 Å². The van der Waals surface area contributed by atoms with E-state index in [1.54, 1.807) is 0 Å². The Bertz CT molecular complexity index is 932. The number of hydrogen-bond donors (Lipinski definition) is 1. The lowest BCUT2D eigenvalue weighted by Gasteiger charge is -2.17. The highest BCUT2D eigenvalue weighted by Gasteiger charge is 2.10. The van der Waals surface area contributed by atoms with Gasteiger partial charge in [0.05, 0.1) is 0 Å². The number of nitrogens with one attached hydrogen (secondary N) is 1. The Morgan fingerprint density at radius 1 is 1.00 bits per heavy atom. The molecule has 1 nitrogen and oxygen atoms in total. The van der Waals surface area contributed by atoms with E-state index in [1.807, 2.05) is 0 Å². The second kappa shape index (κ2) is 12.1. The van der Waals surface area contributed by atoms with Crippen molar-refractivity contribution in [3.05, 3.63) is 94.7 Å². The zero-order valence-electron chi connectivity index (χ0n) is 20.1. The molecular formula is C29H40NP. The lowest BCUT2D eigenvalue weighted by molar-refractivity contribution is 0.657. The summed E-state index contributed by atoms with van der Waals surface area (Å²) in [7, 11) is 2.81. The first-order valence-electron chi connectivity index (χ1n) is 11.4. The molecule has 0 amide bonds. The largest absolute Gasteiger partial charge is 0.386 e. The van der Waals surface area contributed by atoms with E-state index < -0.39 is 0 Å². The summed E-state index contributed by atoms with van der Waals surface area (Å²) in [6.45, 7) is 19.4. The minimum absolute atomic E-state index is 0.408. The Morgan fingerprint density at radius 2 is 1.68 bits per heavy atom. The van der Waals surface area contributed by atoms with Crippen LogP contribution in [0.2, 0.25) is 0 Å². The van der Waals surface area contributed by atoms with Gasteiger partial charge in [-0.15, -0.1) is 9.24 Å². The number of allylic oxidation sites excluding steroid dienone is 4. The predicted molar refractivity (Wildman–Crippen MR) is 144 cm³/mol. The van der Waals surface area contributed by atoms with Gasteiger partial charge < -0.3 is 5.32 Å². The van der Waals surface area contributed by atoms with Crippen LogP contribution in [0.5, 0.6) is 0 Å². The summed E-state index contributed by atoms with van der Waals surface area (Å²) in [5, 5.41) is 3.42. The Hall–Kier alpha value is -2.11. The Morgan fingerprint density at radius 3 is 2.29 bits per heavy atom. The predicted octanol–water partition coefficient (Wildman–Crippen LogP) is 7.67. The zero-order valence-corrected chi connectivity index (χ0v) is 21.3. The van der Waals surface area contributed by atoms with Crippen LogP contribution in [-0.4, -0.2) is 12.2 Å². The van der Waals surface area contributed by atoms with Crippen molar-refractivity contribution in [1.82, 2.24) is 5.32 Å². The van der Waals surface area contributed by atoms with E-state index in [4.69, 9.17) is 0 Å². The first-order chi connectivity index (χ1) is 14.7. The molecule has 1 unspecified atom stereocenters. The van der Waals surface area contributed by atoms with Crippen molar-refractivity contribution >= 4 is 20.4 Å². The fourth-order valence-electron chi connectivity index (χ4n) is 3.94. The van der Waals surface area contributed by atoms with Crippen LogP contribution >= 0.6 is 9.24 Å². The van der Waals surface area contributed by atoms with E-state index in [2.05, 4.69) is 105 Å². The summed E-state index contributed by atoms with van der Waals surface area (Å²) in [6, 6.07) is 13.9. The maximum absolute atomic E-state index is 4.38. The molecule has 0 spiro atoms. The highest BCUT2D eigenvalue weighted by molar-refractivity contribution is 7.16. The van der Waals surface area contributed by atoms with Crippen LogP contribution in [0.4, 0.5) is 0 Å². The molecule has 0 aromatic heterocycles. The van der Waals surface area contributed by atoms with Crippen LogP contribution in [-0.2, 0) is 12.8 Å². The third kappa shape index (κ3) is 7.51. The second-order valence-electron chi connectivity index (χ2n) is 8.90. The molecule has 0 aliphatic heterocycles. The molecule has 0 aliphatic carbocycles. The van der Waals surface area contributed by atoms with Gasteiger partial charge in [-0.05, 0) is 105 Å². The smallest absolute Gasteiger partial charge is 0.0201 e. The molecule has 1 N–H and O–H groups in total. The molecule has 0 bridgehead atoms. The normalized spacial score (nSPS) is 11.6. The topological polar surface area (TPSA) is 12.0 Å². The Balaban J connectivity index is 2.14. The van der Waals surface area contributed by atoms with Crippen LogP contribution in [0.1, 0.15) is 67.0 Å². The lowest BCUT2D eigenvalue weighted by atomic mass is 9.91. The molecule has 0 aliphatic rings. The maximum atomic E-state index is 4.38. The van der Waals surface area contributed by atoms with Crippen LogP contribution in [0, 0.1) is 13.8 Å². The summed E-state index contributed by atoms with van der Waals surface area (Å²) in [4.78, 5) is 0. The average molecular weight is 434 g/mol. The van der Waals surface area contributed by atoms with Crippen molar-refractivity contribution in [1.29, 1.82) is 0 Å². The molecule has 2 rings (SSSR count). The molecule has 0 fully saturated rings. The monoisotopic (exact) mass is 433 g/mol. The maximum Gasteiger partial charge on any atom is 0.0201 e. The molecule has 0 saturated heterocycles. The molecule has 1 atom stereocenters. The fraction of sp³-hybridized carbons (Fsp3) is 0.379. The van der Waals surface area contributed by atoms with Crippen LogP contribution in [0.15, 0.2) is 61.3 Å². The molecule has 166 valence electrons. The Kier molecular flexibility index (Phi) is 9.79. The third-order valence-corrected chi connectivity index (χ3v) is 6.27. The Labute approximate surface area is 193 Å². The first-order valence-corrected chi connectivity index (χ1v) is 12.2. The van der Waals surface area contributed by atoms with E-state index in [-0.39, 0.29) is 0 Å². The van der Waals surface area contributed by atoms with Gasteiger partial charge in [-0.1, -0.05) is 55.6 Å². The van der Waals surface area contributed by atoms with E-state index >= 15 is 0 Å². The van der Waals surface area contributed by atoms with Crippen molar-refractivity contribution < 1.29 is 0 Å². The van der Waals surface area contributed by atoms with Crippen molar-refractivity contribution in [2.45, 2.75) is 66.3 Å². The molecule has 0 saturated carbocycles. The van der Waals surface area contributed by atoms with Gasteiger partial charge in [0.2, 0.25) is 0 Å². The number of benzene rings is 2. The molecule has 2 aromatic carbocycles. The van der Waals surface area contributed by atoms with Gasteiger partial charge in [0.15, 0.2) is 0 Å². The van der Waals surface area contributed by atoms with Gasteiger partial charge in [-0.25, -0.2) is 0 Å². The van der Waals surface area contributed by atoms with Crippen LogP contribution in [0.25, 0.3) is 11.1 Å². The van der Waals surface area contributed by atoms with Gasteiger partial charge in [0, 0.05) is 18.2 Å². The zero-order chi connectivity index (χ0) is 23.0. The van der Waals surface area contributed by atoms with Gasteiger partial charge >= 0.3 is 0 Å². The molecular weight excluding hydrogens is 393 g/mol. The lowest BCUT2D eigenvalue weighted by Crippen LogP contribution is -2.22. The highest BCUT2D eigenvalue weighted by atomic mass is 31.0. The summed E-state index contributed by atoms with van der Waals surface area (Å²) in [5.74, 6) is 0. The first kappa shape index (κ1) is 25.2. The number of rotatable bonds is 11. The van der Waals surface area contributed by atoms with Crippen LogP contribution < -0.4 is 5.32 Å². The van der Waals surface area contributed by atoms with Gasteiger partial charge in [-0.3, -0.25) is 0 Å². The second-order valence-corrected chi connectivity index (χ2v) is 9.47. The summed E-state index contributed by atoms with van der Waals surface area (Å²) in [5.41, 5.74) is 11.2. The molecule has 0 heterocycles. The summed E-state index contributed by atoms with van der Waals surface area (Å²) < 4.78 is 0. The SMILES string of the molecule is C=C(Cc1ccc(C(=C)/C=C(\C)c2ccc(CCCCP)cc2)c(C)c1C)NC(C)C. The van der Waals surface area contributed by atoms with Gasteiger partial charge in [-0.2, -0.15) is 0 Å². The third-order valence-electron chi connectivity index (χ3n) is 5.86. The number of aryl methyl sites for hydroxylation is 1. The molecule has 0 radical (unpaired) electrons. The summed E-state index contributed by atoms with van der Waals surface area (Å²) >= 11 is 0. The number of unbranched alkanes of at least 4 members (excludes halogenated alkanes) is 1.